The van der Waals surface area contributed by atoms with Crippen LogP contribution in [-0.2, 0) is 11.8 Å². The first-order valence-electron chi connectivity index (χ1n) is 8.61. The number of fused-ring (bicyclic) bond motifs is 1. The van der Waals surface area contributed by atoms with Crippen LogP contribution in [0.1, 0.15) is 24.3 Å². The van der Waals surface area contributed by atoms with Crippen LogP contribution in [0.4, 0.5) is 0 Å². The van der Waals surface area contributed by atoms with Crippen molar-refractivity contribution in [2.24, 2.45) is 7.05 Å². The number of pyridine rings is 2. The Morgan fingerprint density at radius 1 is 1.19 bits per heavy atom. The zero-order valence-electron chi connectivity index (χ0n) is 15.4. The maximum atomic E-state index is 12.9. The van der Waals surface area contributed by atoms with E-state index in [9.17, 15) is 14.7 Å². The van der Waals surface area contributed by atoms with E-state index in [1.807, 2.05) is 30.3 Å². The molecule has 2 heterocycles. The van der Waals surface area contributed by atoms with Crippen LogP contribution in [0.25, 0.3) is 22.0 Å². The van der Waals surface area contributed by atoms with Gasteiger partial charge in [-0.2, -0.15) is 0 Å². The number of benzene rings is 1. The number of carbonyl (C=O) groups excluding carboxylic acids is 1. The van der Waals surface area contributed by atoms with Gasteiger partial charge in [0.05, 0.1) is 18.9 Å². The van der Waals surface area contributed by atoms with Gasteiger partial charge in [0, 0.05) is 18.0 Å². The average Bonchev–Trinajstić information content (AvgIpc) is 2.67. The number of esters is 1. The smallest absolute Gasteiger partial charge is 0.358 e. The van der Waals surface area contributed by atoms with E-state index in [-0.39, 0.29) is 34.7 Å². The van der Waals surface area contributed by atoms with Gasteiger partial charge in [0.15, 0.2) is 11.4 Å². The lowest BCUT2D eigenvalue weighted by Gasteiger charge is -2.15. The fourth-order valence-corrected chi connectivity index (χ4v) is 2.90. The van der Waals surface area contributed by atoms with Gasteiger partial charge in [-0.15, -0.1) is 0 Å². The fourth-order valence-electron chi connectivity index (χ4n) is 2.90. The predicted molar refractivity (Wildman–Crippen MR) is 101 cm³/mol. The van der Waals surface area contributed by atoms with Crippen molar-refractivity contribution in [2.75, 3.05) is 13.2 Å². The van der Waals surface area contributed by atoms with Crippen LogP contribution in [0.3, 0.4) is 0 Å². The molecule has 3 rings (SSSR count). The average molecular weight is 368 g/mol. The molecule has 27 heavy (non-hydrogen) atoms. The molecule has 0 fully saturated rings. The van der Waals surface area contributed by atoms with E-state index in [2.05, 4.69) is 4.98 Å². The maximum Gasteiger partial charge on any atom is 0.358 e. The highest BCUT2D eigenvalue weighted by molar-refractivity contribution is 6.01. The van der Waals surface area contributed by atoms with Crippen molar-refractivity contribution in [3.63, 3.8) is 0 Å². The Bertz CT molecular complexity index is 1060. The molecule has 0 saturated heterocycles. The first-order chi connectivity index (χ1) is 13.0. The minimum atomic E-state index is -0.771. The molecule has 0 bridgehead atoms. The van der Waals surface area contributed by atoms with Gasteiger partial charge in [-0.25, -0.2) is 9.78 Å². The minimum Gasteiger partial charge on any atom is -0.505 e. The Balaban J connectivity index is 2.39. The molecule has 0 saturated carbocycles. The molecule has 7 heteroatoms. The van der Waals surface area contributed by atoms with Gasteiger partial charge in [-0.1, -0.05) is 30.3 Å². The molecule has 0 spiro atoms. The standard InChI is InChI=1S/C20H20N2O5/c1-4-26-18-15-13(11-14(21-18)12-9-7-6-8-10-12)17(23)16(20(25)27-5-2)22(3)19(15)24/h6-11,23H,4-5H2,1-3H3. The quantitative estimate of drug-likeness (QED) is 0.697. The molecular formula is C20H20N2O5. The number of ether oxygens (including phenoxy) is 2. The second kappa shape index (κ2) is 7.49. The molecule has 0 amide bonds. The summed E-state index contributed by atoms with van der Waals surface area (Å²) in [7, 11) is 1.40. The number of aromatic hydroxyl groups is 1. The summed E-state index contributed by atoms with van der Waals surface area (Å²) in [6.45, 7) is 3.85. The lowest BCUT2D eigenvalue weighted by Crippen LogP contribution is -2.25. The molecule has 1 N–H and O–H groups in total. The molecule has 0 unspecified atom stereocenters. The van der Waals surface area contributed by atoms with Crippen molar-refractivity contribution in [1.82, 2.24) is 9.55 Å². The van der Waals surface area contributed by atoms with Crippen LogP contribution < -0.4 is 10.3 Å². The summed E-state index contributed by atoms with van der Waals surface area (Å²) in [5, 5.41) is 11.1. The van der Waals surface area contributed by atoms with E-state index < -0.39 is 11.5 Å². The highest BCUT2D eigenvalue weighted by Gasteiger charge is 2.24. The zero-order valence-corrected chi connectivity index (χ0v) is 15.4. The maximum absolute atomic E-state index is 12.9. The lowest BCUT2D eigenvalue weighted by molar-refractivity contribution is 0.0510. The van der Waals surface area contributed by atoms with Crippen LogP contribution in [0.5, 0.6) is 11.6 Å². The molecule has 0 aliphatic heterocycles. The van der Waals surface area contributed by atoms with E-state index >= 15 is 0 Å². The number of carbonyl (C=O) groups is 1. The van der Waals surface area contributed by atoms with Gasteiger partial charge in [-0.3, -0.25) is 4.79 Å². The van der Waals surface area contributed by atoms with Crippen molar-refractivity contribution in [3.8, 4) is 22.9 Å². The van der Waals surface area contributed by atoms with Gasteiger partial charge in [-0.05, 0) is 19.9 Å². The van der Waals surface area contributed by atoms with E-state index in [4.69, 9.17) is 9.47 Å². The number of hydrogen-bond acceptors (Lipinski definition) is 6. The molecule has 0 aliphatic carbocycles. The van der Waals surface area contributed by atoms with E-state index in [0.29, 0.717) is 12.3 Å². The Morgan fingerprint density at radius 2 is 1.89 bits per heavy atom. The highest BCUT2D eigenvalue weighted by atomic mass is 16.5. The van der Waals surface area contributed by atoms with E-state index in [0.717, 1.165) is 10.1 Å². The third kappa shape index (κ3) is 3.23. The predicted octanol–water partition coefficient (Wildman–Crippen LogP) is 2.88. The summed E-state index contributed by atoms with van der Waals surface area (Å²) in [4.78, 5) is 29.6. The fraction of sp³-hybridized carbons (Fsp3) is 0.250. The second-order valence-corrected chi connectivity index (χ2v) is 5.82. The molecule has 140 valence electrons. The highest BCUT2D eigenvalue weighted by Crippen LogP contribution is 2.34. The molecule has 0 radical (unpaired) electrons. The van der Waals surface area contributed by atoms with Gasteiger partial charge < -0.3 is 19.1 Å². The number of aromatic nitrogens is 2. The van der Waals surface area contributed by atoms with Crippen molar-refractivity contribution in [2.45, 2.75) is 13.8 Å². The summed E-state index contributed by atoms with van der Waals surface area (Å²) in [6.07, 6.45) is 0. The normalized spacial score (nSPS) is 10.8. The lowest BCUT2D eigenvalue weighted by atomic mass is 10.1. The van der Waals surface area contributed by atoms with Crippen LogP contribution >= 0.6 is 0 Å². The Labute approximate surface area is 155 Å². The Morgan fingerprint density at radius 3 is 2.52 bits per heavy atom. The monoisotopic (exact) mass is 368 g/mol. The van der Waals surface area contributed by atoms with E-state index in [1.165, 1.54) is 7.05 Å². The Hall–Kier alpha value is -3.35. The van der Waals surface area contributed by atoms with Crippen molar-refractivity contribution in [3.05, 3.63) is 52.4 Å². The molecular weight excluding hydrogens is 348 g/mol. The second-order valence-electron chi connectivity index (χ2n) is 5.82. The summed E-state index contributed by atoms with van der Waals surface area (Å²) < 4.78 is 11.6. The van der Waals surface area contributed by atoms with Crippen LogP contribution in [0.2, 0.25) is 0 Å². The molecule has 1 aromatic carbocycles. The largest absolute Gasteiger partial charge is 0.505 e. The van der Waals surface area contributed by atoms with Crippen molar-refractivity contribution < 1.29 is 19.4 Å². The number of hydrogen-bond donors (Lipinski definition) is 1. The van der Waals surface area contributed by atoms with E-state index in [1.54, 1.807) is 19.9 Å². The molecule has 7 nitrogen and oxygen atoms in total. The van der Waals surface area contributed by atoms with Gasteiger partial charge >= 0.3 is 5.97 Å². The molecule has 3 aromatic rings. The summed E-state index contributed by atoms with van der Waals surface area (Å²) in [6, 6.07) is 10.9. The SMILES string of the molecule is CCOC(=O)c1c(O)c2cc(-c3ccccc3)nc(OCC)c2c(=O)n1C. The number of nitrogens with zero attached hydrogens (tertiary/aromatic N) is 2. The summed E-state index contributed by atoms with van der Waals surface area (Å²) in [5.74, 6) is -1.00. The van der Waals surface area contributed by atoms with Gasteiger partial charge in [0.1, 0.15) is 5.39 Å². The molecule has 2 aromatic heterocycles. The topological polar surface area (TPSA) is 90.7 Å². The zero-order chi connectivity index (χ0) is 19.6. The van der Waals surface area contributed by atoms with Gasteiger partial charge in [0.2, 0.25) is 5.88 Å². The summed E-state index contributed by atoms with van der Waals surface area (Å²) >= 11 is 0. The molecule has 0 atom stereocenters. The van der Waals surface area contributed by atoms with Gasteiger partial charge in [0.25, 0.3) is 5.56 Å². The van der Waals surface area contributed by atoms with Crippen molar-refractivity contribution >= 4 is 16.7 Å². The first kappa shape index (κ1) is 18.4. The van der Waals surface area contributed by atoms with Crippen LogP contribution in [0.15, 0.2) is 41.2 Å². The Kier molecular flexibility index (Phi) is 5.12. The third-order valence-electron chi connectivity index (χ3n) is 4.14. The minimum absolute atomic E-state index is 0.111. The molecule has 0 aliphatic rings. The van der Waals surface area contributed by atoms with Crippen LogP contribution in [0, 0.1) is 0 Å². The summed E-state index contributed by atoms with van der Waals surface area (Å²) in [5.41, 5.74) is 0.603. The number of rotatable bonds is 5. The first-order valence-corrected chi connectivity index (χ1v) is 8.61. The van der Waals surface area contributed by atoms with Crippen LogP contribution in [-0.4, -0.2) is 33.8 Å². The van der Waals surface area contributed by atoms with Crippen molar-refractivity contribution in [1.29, 1.82) is 0 Å². The third-order valence-corrected chi connectivity index (χ3v) is 4.14.